The zero-order valence-corrected chi connectivity index (χ0v) is 26.6. The fraction of sp³-hybridized carbons (Fsp3) is 0.667. The quantitative estimate of drug-likeness (QED) is 0.0604. The van der Waals surface area contributed by atoms with E-state index in [1.54, 1.807) is 26.0 Å². The highest BCUT2D eigenvalue weighted by Gasteiger charge is 2.36. The number of hydrogen-bond donors (Lipinski definition) is 3. The van der Waals surface area contributed by atoms with Crippen LogP contribution < -0.4 is 0 Å². The van der Waals surface area contributed by atoms with E-state index in [1.807, 2.05) is 13.8 Å². The minimum atomic E-state index is -1.58. The molecular weight excluding hydrogens is 561 g/mol. The Kier molecular flexibility index (Phi) is 15.9. The standard InChI is InChI=1S/C33H50O10/c1-9-24(10-2)15-25(34)14-19(4)13-18(3)11-12-26(35)21(6)28(37)16-27(36)20(5)23(8)42-30(39)17-29(38)31-22(7)32(40)43-33(31)41/h9,15,18-21,23,26-27,29,35-36,38H,1,10-14,16-17H2,2-8H3/b24-15-/i3+1,4+1,5+1,6+1,7+1. The van der Waals surface area contributed by atoms with Crippen molar-refractivity contribution in [2.24, 2.45) is 23.7 Å². The van der Waals surface area contributed by atoms with Crippen molar-refractivity contribution < 1.29 is 48.8 Å². The number of ether oxygens (including phenoxy) is 2. The summed E-state index contributed by atoms with van der Waals surface area (Å²) >= 11 is 0. The molecule has 0 spiro atoms. The van der Waals surface area contributed by atoms with Gasteiger partial charge in [-0.3, -0.25) is 14.4 Å². The Labute approximate surface area is 255 Å². The van der Waals surface area contributed by atoms with Crippen LogP contribution in [0, 0.1) is 23.7 Å². The Hall–Kier alpha value is -2.95. The Balaban J connectivity index is 2.51. The van der Waals surface area contributed by atoms with Crippen molar-refractivity contribution in [1.82, 2.24) is 0 Å². The van der Waals surface area contributed by atoms with Crippen LogP contribution in [0.4, 0.5) is 0 Å². The van der Waals surface area contributed by atoms with Gasteiger partial charge in [0.1, 0.15) is 11.9 Å². The molecule has 0 radical (unpaired) electrons. The first kappa shape index (κ1) is 38.1. The van der Waals surface area contributed by atoms with E-state index in [1.165, 1.54) is 13.8 Å². The van der Waals surface area contributed by atoms with Crippen LogP contribution >= 0.6 is 0 Å². The number of cyclic esters (lactones) is 2. The molecule has 0 fully saturated rings. The lowest BCUT2D eigenvalue weighted by Gasteiger charge is -2.27. The van der Waals surface area contributed by atoms with Crippen molar-refractivity contribution in [3.8, 4) is 0 Å². The van der Waals surface area contributed by atoms with Gasteiger partial charge in [0.2, 0.25) is 0 Å². The van der Waals surface area contributed by atoms with E-state index in [-0.39, 0.29) is 41.0 Å². The number of rotatable bonds is 20. The first-order valence-corrected chi connectivity index (χ1v) is 15.1. The molecule has 3 N–H and O–H groups in total. The van der Waals surface area contributed by atoms with Gasteiger partial charge in [0, 0.05) is 30.3 Å². The fourth-order valence-electron chi connectivity index (χ4n) is 5.10. The molecule has 10 heteroatoms. The molecule has 0 aromatic carbocycles. The van der Waals surface area contributed by atoms with Gasteiger partial charge < -0.3 is 24.8 Å². The number of esters is 3. The van der Waals surface area contributed by atoms with Crippen LogP contribution in [-0.2, 0) is 33.4 Å². The van der Waals surface area contributed by atoms with Crippen molar-refractivity contribution in [3.05, 3.63) is 35.5 Å². The summed E-state index contributed by atoms with van der Waals surface area (Å²) in [6.45, 7) is 15.8. The predicted octanol–water partition coefficient (Wildman–Crippen LogP) is 3.95. The molecule has 242 valence electrons. The molecule has 1 rings (SSSR count). The highest BCUT2D eigenvalue weighted by atomic mass is 16.6. The van der Waals surface area contributed by atoms with Gasteiger partial charge in [-0.15, -0.1) is 0 Å². The smallest absolute Gasteiger partial charge is 0.345 e. The first-order chi connectivity index (χ1) is 20.0. The van der Waals surface area contributed by atoms with E-state index in [0.29, 0.717) is 19.3 Å². The third-order valence-corrected chi connectivity index (χ3v) is 8.30. The number of carbonyl (C=O) groups excluding carboxylic acids is 5. The number of hydrogen-bond acceptors (Lipinski definition) is 10. The first-order valence-electron chi connectivity index (χ1n) is 15.1. The van der Waals surface area contributed by atoms with Crippen molar-refractivity contribution in [1.29, 1.82) is 0 Å². The van der Waals surface area contributed by atoms with Crippen LogP contribution in [0.5, 0.6) is 0 Å². The van der Waals surface area contributed by atoms with E-state index in [9.17, 15) is 39.3 Å². The number of ketones is 2. The van der Waals surface area contributed by atoms with Crippen molar-refractivity contribution in [2.45, 2.75) is 118 Å². The third kappa shape index (κ3) is 12.3. The Bertz CT molecular complexity index is 1090. The van der Waals surface area contributed by atoms with Crippen LogP contribution in [0.15, 0.2) is 35.5 Å². The molecule has 0 aliphatic carbocycles. The monoisotopic (exact) mass is 611 g/mol. The van der Waals surface area contributed by atoms with Gasteiger partial charge in [-0.05, 0) is 63.0 Å². The molecule has 1 aliphatic rings. The second kappa shape index (κ2) is 18.0. The van der Waals surface area contributed by atoms with Crippen LogP contribution in [0.25, 0.3) is 0 Å². The van der Waals surface area contributed by atoms with Crippen LogP contribution in [0.1, 0.15) is 93.4 Å². The largest absolute Gasteiger partial charge is 0.462 e. The van der Waals surface area contributed by atoms with Crippen LogP contribution in [0.2, 0.25) is 0 Å². The zero-order chi connectivity index (χ0) is 33.0. The topological polar surface area (TPSA) is 164 Å². The van der Waals surface area contributed by atoms with Gasteiger partial charge in [-0.25, -0.2) is 9.59 Å². The molecule has 1 heterocycles. The molecule has 8 atom stereocenters. The lowest BCUT2D eigenvalue weighted by molar-refractivity contribution is -0.154. The molecular formula is C33H50O10. The average Bonchev–Trinajstić information content (AvgIpc) is 3.19. The van der Waals surface area contributed by atoms with Gasteiger partial charge in [0.05, 0.1) is 30.3 Å². The molecule has 10 nitrogen and oxygen atoms in total. The van der Waals surface area contributed by atoms with E-state index in [4.69, 9.17) is 4.74 Å². The molecule has 8 unspecified atom stereocenters. The van der Waals surface area contributed by atoms with Gasteiger partial charge in [0.15, 0.2) is 5.78 Å². The Morgan fingerprint density at radius 3 is 2.07 bits per heavy atom. The third-order valence-electron chi connectivity index (χ3n) is 8.30. The van der Waals surface area contributed by atoms with E-state index >= 15 is 0 Å². The fourth-order valence-corrected chi connectivity index (χ4v) is 5.10. The van der Waals surface area contributed by atoms with E-state index in [2.05, 4.69) is 18.2 Å². The molecule has 43 heavy (non-hydrogen) atoms. The highest BCUT2D eigenvalue weighted by molar-refractivity contribution is 6.12. The summed E-state index contributed by atoms with van der Waals surface area (Å²) in [5, 5.41) is 31.5. The van der Waals surface area contributed by atoms with E-state index in [0.717, 1.165) is 18.4 Å². The number of carbonyl (C=O) groups is 5. The second-order valence-electron chi connectivity index (χ2n) is 12.1. The summed E-state index contributed by atoms with van der Waals surface area (Å²) in [6.07, 6.45) is 1.16. The number of allylic oxidation sites excluding steroid dienone is 3. The summed E-state index contributed by atoms with van der Waals surface area (Å²) in [5.41, 5.74) is 0.552. The normalized spacial score (nSPS) is 19.5. The maximum absolute atomic E-state index is 12.8. The number of aliphatic hydroxyl groups is 3. The Morgan fingerprint density at radius 1 is 0.907 bits per heavy atom. The summed E-state index contributed by atoms with van der Waals surface area (Å²) in [7, 11) is 0. The molecule has 0 aromatic heterocycles. The zero-order valence-electron chi connectivity index (χ0n) is 26.6. The minimum absolute atomic E-state index is 0.0736. The van der Waals surface area contributed by atoms with Gasteiger partial charge in [-0.2, -0.15) is 0 Å². The van der Waals surface area contributed by atoms with Gasteiger partial charge in [-0.1, -0.05) is 47.3 Å². The van der Waals surface area contributed by atoms with Gasteiger partial charge in [0.25, 0.3) is 0 Å². The minimum Gasteiger partial charge on any atom is -0.462 e. The SMILES string of the molecule is C=C/C(=C/C(=O)CC([13CH3])CC([13CH3])CCC(O)C([13CH3])C(=O)CC(O)C([13CH3])C(C)OC(=O)CC(O)C1=C([13CH3])C(=O)OC1=O)CC. The maximum Gasteiger partial charge on any atom is 0.345 e. The van der Waals surface area contributed by atoms with Crippen molar-refractivity contribution >= 4 is 29.5 Å². The highest BCUT2D eigenvalue weighted by Crippen LogP contribution is 2.25. The number of aliphatic hydroxyl groups excluding tert-OH is 3. The molecule has 0 amide bonds. The van der Waals surface area contributed by atoms with Crippen molar-refractivity contribution in [2.75, 3.05) is 0 Å². The summed E-state index contributed by atoms with van der Waals surface area (Å²) in [6, 6.07) is 0. The molecule has 1 aliphatic heterocycles. The molecule has 0 saturated heterocycles. The summed E-state index contributed by atoms with van der Waals surface area (Å²) < 4.78 is 9.71. The van der Waals surface area contributed by atoms with Crippen molar-refractivity contribution in [3.63, 3.8) is 0 Å². The van der Waals surface area contributed by atoms with E-state index < -0.39 is 60.6 Å². The summed E-state index contributed by atoms with van der Waals surface area (Å²) in [4.78, 5) is 60.6. The second-order valence-corrected chi connectivity index (χ2v) is 12.1. The summed E-state index contributed by atoms with van der Waals surface area (Å²) in [5.74, 6) is -3.91. The van der Waals surface area contributed by atoms with Crippen LogP contribution in [-0.4, -0.2) is 69.2 Å². The molecule has 0 bridgehead atoms. The molecule has 0 saturated carbocycles. The lowest BCUT2D eigenvalue weighted by atomic mass is 9.90. The Morgan fingerprint density at radius 2 is 1.53 bits per heavy atom. The maximum atomic E-state index is 12.8. The lowest BCUT2D eigenvalue weighted by Crippen LogP contribution is -2.36. The molecule has 0 aromatic rings. The van der Waals surface area contributed by atoms with Gasteiger partial charge >= 0.3 is 17.9 Å². The predicted molar refractivity (Wildman–Crippen MR) is 160 cm³/mol. The average molecular weight is 612 g/mol. The van der Waals surface area contributed by atoms with Crippen LogP contribution in [0.3, 0.4) is 0 Å². The number of Topliss-reactive ketones (excluding diaryl/α,β-unsaturated/α-hetero) is 1.